The van der Waals surface area contributed by atoms with Gasteiger partial charge >= 0.3 is 0 Å². The van der Waals surface area contributed by atoms with Crippen LogP contribution in [-0.2, 0) is 9.59 Å². The molecule has 5 nitrogen and oxygen atoms in total. The van der Waals surface area contributed by atoms with Gasteiger partial charge in [0.05, 0.1) is 13.1 Å². The molecule has 0 heterocycles. The first-order valence-corrected chi connectivity index (χ1v) is 11.1. The van der Waals surface area contributed by atoms with E-state index in [9.17, 15) is 9.59 Å². The molecule has 0 saturated heterocycles. The zero-order valence-corrected chi connectivity index (χ0v) is 21.5. The van der Waals surface area contributed by atoms with E-state index < -0.39 is 0 Å². The molecule has 0 aliphatic heterocycles. The smallest absolute Gasteiger partial charge is 0.279 e. The van der Waals surface area contributed by atoms with Crippen molar-refractivity contribution in [2.75, 3.05) is 36.8 Å². The van der Waals surface area contributed by atoms with Gasteiger partial charge in [0.1, 0.15) is 0 Å². The van der Waals surface area contributed by atoms with Crippen LogP contribution < -0.4 is 23.0 Å². The van der Waals surface area contributed by atoms with Crippen molar-refractivity contribution in [1.29, 1.82) is 0 Å². The minimum atomic E-state index is -0.0609. The molecule has 0 aromatic heterocycles. The monoisotopic (exact) mass is 459 g/mol. The van der Waals surface area contributed by atoms with E-state index in [2.05, 4.69) is 48.7 Å². The molecule has 0 bridgehead atoms. The Bertz CT molecular complexity index is 860. The number of carbonyl (C=O) groups excluding carboxylic acids is 2. The number of nitrogens with zero attached hydrogens (tertiary/aromatic N) is 1. The van der Waals surface area contributed by atoms with Gasteiger partial charge in [0, 0.05) is 11.4 Å². The van der Waals surface area contributed by atoms with Gasteiger partial charge < -0.3 is 27.5 Å². The molecule has 2 aromatic rings. The fraction of sp³-hybridized carbons (Fsp3) is 0.462. The second-order valence-corrected chi connectivity index (χ2v) is 8.93. The summed E-state index contributed by atoms with van der Waals surface area (Å²) in [6.45, 7) is 18.2. The summed E-state index contributed by atoms with van der Waals surface area (Å²) < 4.78 is 0.408. The van der Waals surface area contributed by atoms with Crippen molar-refractivity contribution in [3.8, 4) is 0 Å². The molecular weight excluding hydrogens is 422 g/mol. The lowest BCUT2D eigenvalue weighted by atomic mass is 10.0. The van der Waals surface area contributed by atoms with Crippen molar-refractivity contribution in [1.82, 2.24) is 0 Å². The van der Waals surface area contributed by atoms with Gasteiger partial charge in [-0.3, -0.25) is 9.59 Å². The van der Waals surface area contributed by atoms with Crippen LogP contribution in [-0.4, -0.2) is 42.5 Å². The highest BCUT2D eigenvalue weighted by Crippen LogP contribution is 2.23. The van der Waals surface area contributed by atoms with Gasteiger partial charge in [0.15, 0.2) is 13.1 Å². The van der Waals surface area contributed by atoms with E-state index in [-0.39, 0.29) is 37.3 Å². The minimum Gasteiger partial charge on any atom is -1.00 e. The van der Waals surface area contributed by atoms with E-state index in [0.717, 1.165) is 33.6 Å². The Hall–Kier alpha value is -2.37. The third-order valence-electron chi connectivity index (χ3n) is 6.18. The maximum atomic E-state index is 13.0. The summed E-state index contributed by atoms with van der Waals surface area (Å²) in [5.74, 6) is -0.122. The van der Waals surface area contributed by atoms with Gasteiger partial charge in [-0.05, 0) is 77.6 Å². The highest BCUT2D eigenvalue weighted by Gasteiger charge is 2.30. The number of rotatable bonds is 8. The quantitative estimate of drug-likeness (QED) is 0.593. The molecule has 32 heavy (non-hydrogen) atoms. The number of amides is 2. The molecule has 2 rings (SSSR count). The fourth-order valence-corrected chi connectivity index (χ4v) is 4.45. The standard InChI is InChI=1S/C26H37N3O2.ClH/c1-9-29(10-2,15-23(30)27-25-19(5)11-17(3)12-20(25)6)16-24(31)28-26-21(7)13-18(4)14-22(26)8;/h11-14H,9-10,15-16H2,1-8H3,(H-,27,28,30,31);1H. The topological polar surface area (TPSA) is 58.2 Å². The SMILES string of the molecule is CC[N+](CC)(CC(=O)Nc1c(C)cc(C)cc1C)CC(=O)Nc1c(C)cc(C)cc1C.[Cl-]. The molecule has 2 aromatic carbocycles. The van der Waals surface area contributed by atoms with E-state index >= 15 is 0 Å². The van der Waals surface area contributed by atoms with Gasteiger partial charge in [0.25, 0.3) is 11.8 Å². The van der Waals surface area contributed by atoms with Crippen LogP contribution >= 0.6 is 0 Å². The Balaban J connectivity index is 0.00000512. The first-order chi connectivity index (χ1) is 14.5. The molecule has 0 aliphatic rings. The molecule has 0 fully saturated rings. The van der Waals surface area contributed by atoms with Gasteiger partial charge in [0.2, 0.25) is 0 Å². The normalized spacial score (nSPS) is 11.0. The first kappa shape index (κ1) is 27.7. The summed E-state index contributed by atoms with van der Waals surface area (Å²) in [4.78, 5) is 25.9. The van der Waals surface area contributed by atoms with Crippen LogP contribution in [0.4, 0.5) is 11.4 Å². The number of halogens is 1. The molecule has 176 valence electrons. The summed E-state index contributed by atoms with van der Waals surface area (Å²) in [5.41, 5.74) is 8.32. The number of hydrogen-bond donors (Lipinski definition) is 2. The van der Waals surface area contributed by atoms with Crippen LogP contribution in [0.25, 0.3) is 0 Å². The Morgan fingerprint density at radius 3 is 1.19 bits per heavy atom. The Labute approximate surface area is 199 Å². The lowest BCUT2D eigenvalue weighted by Crippen LogP contribution is -3.00. The summed E-state index contributed by atoms with van der Waals surface area (Å²) in [5, 5.41) is 6.18. The van der Waals surface area contributed by atoms with Gasteiger partial charge in [-0.1, -0.05) is 35.4 Å². The predicted octanol–water partition coefficient (Wildman–Crippen LogP) is 1.97. The van der Waals surface area contributed by atoms with Crippen LogP contribution in [0.2, 0.25) is 0 Å². The highest BCUT2D eigenvalue weighted by molar-refractivity contribution is 5.95. The molecule has 0 saturated carbocycles. The van der Waals surface area contributed by atoms with Crippen molar-refractivity contribution in [2.24, 2.45) is 0 Å². The van der Waals surface area contributed by atoms with Gasteiger partial charge in [-0.15, -0.1) is 0 Å². The molecule has 2 amide bonds. The van der Waals surface area contributed by atoms with Crippen molar-refractivity contribution in [3.63, 3.8) is 0 Å². The molecule has 0 unspecified atom stereocenters. The van der Waals surface area contributed by atoms with Crippen molar-refractivity contribution < 1.29 is 26.5 Å². The van der Waals surface area contributed by atoms with E-state index in [1.165, 1.54) is 11.1 Å². The third kappa shape index (κ3) is 6.81. The second kappa shape index (κ2) is 11.5. The molecule has 2 N–H and O–H groups in total. The van der Waals surface area contributed by atoms with Gasteiger partial charge in [-0.25, -0.2) is 0 Å². The summed E-state index contributed by atoms with van der Waals surface area (Å²) in [7, 11) is 0. The average Bonchev–Trinajstić information content (AvgIpc) is 2.67. The predicted molar refractivity (Wildman–Crippen MR) is 130 cm³/mol. The number of aryl methyl sites for hydroxylation is 6. The van der Waals surface area contributed by atoms with Crippen molar-refractivity contribution in [3.05, 3.63) is 57.6 Å². The molecule has 0 spiro atoms. The first-order valence-electron chi connectivity index (χ1n) is 11.1. The molecule has 0 radical (unpaired) electrons. The zero-order chi connectivity index (χ0) is 23.3. The Morgan fingerprint density at radius 1 is 0.656 bits per heavy atom. The lowest BCUT2D eigenvalue weighted by Gasteiger charge is -2.35. The van der Waals surface area contributed by atoms with Crippen LogP contribution in [0.15, 0.2) is 24.3 Å². The maximum absolute atomic E-state index is 13.0. The summed E-state index contributed by atoms with van der Waals surface area (Å²) >= 11 is 0. The highest BCUT2D eigenvalue weighted by atomic mass is 35.5. The molecule has 6 heteroatoms. The van der Waals surface area contributed by atoms with E-state index in [0.29, 0.717) is 17.6 Å². The number of anilines is 2. The number of quaternary nitrogens is 1. The summed E-state index contributed by atoms with van der Waals surface area (Å²) in [6, 6.07) is 8.29. The van der Waals surface area contributed by atoms with Crippen LogP contribution in [0, 0.1) is 41.5 Å². The fourth-order valence-electron chi connectivity index (χ4n) is 4.45. The largest absolute Gasteiger partial charge is 1.00 e. The maximum Gasteiger partial charge on any atom is 0.279 e. The van der Waals surface area contributed by atoms with E-state index in [1.807, 2.05) is 41.5 Å². The Morgan fingerprint density at radius 2 is 0.938 bits per heavy atom. The average molecular weight is 460 g/mol. The molecule has 0 aliphatic carbocycles. The third-order valence-corrected chi connectivity index (χ3v) is 6.18. The lowest BCUT2D eigenvalue weighted by molar-refractivity contribution is -0.909. The van der Waals surface area contributed by atoms with Crippen molar-refractivity contribution in [2.45, 2.75) is 55.4 Å². The van der Waals surface area contributed by atoms with Crippen molar-refractivity contribution >= 4 is 23.2 Å². The van der Waals surface area contributed by atoms with Gasteiger partial charge in [-0.2, -0.15) is 0 Å². The number of likely N-dealkylation sites (N-methyl/N-ethyl adjacent to an activating group) is 1. The second-order valence-electron chi connectivity index (χ2n) is 8.93. The minimum absolute atomic E-state index is 0. The number of carbonyl (C=O) groups is 2. The number of nitrogens with one attached hydrogen (secondary N) is 2. The van der Waals surface area contributed by atoms with Crippen LogP contribution in [0.3, 0.4) is 0 Å². The summed E-state index contributed by atoms with van der Waals surface area (Å²) in [6.07, 6.45) is 0. The van der Waals surface area contributed by atoms with E-state index in [4.69, 9.17) is 0 Å². The zero-order valence-electron chi connectivity index (χ0n) is 20.8. The number of hydrogen-bond acceptors (Lipinski definition) is 2. The van der Waals surface area contributed by atoms with Crippen LogP contribution in [0.5, 0.6) is 0 Å². The van der Waals surface area contributed by atoms with Crippen LogP contribution in [0.1, 0.15) is 47.2 Å². The molecular formula is C26H38ClN3O2. The molecule has 0 atom stereocenters. The number of benzene rings is 2. The Kier molecular flexibility index (Phi) is 9.93. The van der Waals surface area contributed by atoms with E-state index in [1.54, 1.807) is 0 Å².